The zero-order valence-electron chi connectivity index (χ0n) is 35.1. The molecule has 6 rings (SSSR count). The van der Waals surface area contributed by atoms with E-state index in [0.29, 0.717) is 90.1 Å². The van der Waals surface area contributed by atoms with Crippen LogP contribution in [-0.4, -0.2) is 136 Å². The number of ether oxygens (including phenoxy) is 1. The Morgan fingerprint density at radius 1 is 0.689 bits per heavy atom. The number of aliphatic hydroxyl groups is 1. The third-order valence-electron chi connectivity index (χ3n) is 13.9. The molecular weight excluding hydrogens is 857 g/mol. The lowest BCUT2D eigenvalue weighted by Crippen LogP contribution is -2.55. The van der Waals surface area contributed by atoms with Crippen molar-refractivity contribution in [3.8, 4) is 0 Å². The van der Waals surface area contributed by atoms with Crippen molar-refractivity contribution in [3.63, 3.8) is 0 Å². The fourth-order valence-electron chi connectivity index (χ4n) is 10.8. The summed E-state index contributed by atoms with van der Waals surface area (Å²) in [5.41, 5.74) is 0. The van der Waals surface area contributed by atoms with Crippen molar-refractivity contribution in [1.29, 1.82) is 0 Å². The van der Waals surface area contributed by atoms with E-state index in [9.17, 15) is 44.6 Å². The number of hydrogen-bond donors (Lipinski definition) is 6. The van der Waals surface area contributed by atoms with Crippen molar-refractivity contribution in [2.75, 3.05) is 6.61 Å². The van der Waals surface area contributed by atoms with Crippen LogP contribution in [-0.2, 0) is 45.3 Å². The molecule has 0 aliphatic heterocycles. The molecule has 23 heteroatoms. The van der Waals surface area contributed by atoms with E-state index < -0.39 is 60.3 Å². The van der Waals surface area contributed by atoms with Crippen LogP contribution in [0.1, 0.15) is 129 Å². The van der Waals surface area contributed by atoms with E-state index >= 15 is 0 Å². The number of amides is 1. The summed E-state index contributed by atoms with van der Waals surface area (Å²) in [5, 5.41) is 44.6. The highest BCUT2D eigenvalue weighted by Crippen LogP contribution is 2.44. The summed E-state index contributed by atoms with van der Waals surface area (Å²) in [6, 6.07) is -2.57. The van der Waals surface area contributed by atoms with Gasteiger partial charge >= 0.3 is 11.4 Å². The maximum absolute atomic E-state index is 12.4. The highest BCUT2D eigenvalue weighted by atomic mass is 32.2. The normalized spacial score (nSPS) is 41.1. The van der Waals surface area contributed by atoms with Gasteiger partial charge in [-0.1, -0.05) is 6.42 Å². The maximum atomic E-state index is 12.4. The van der Waals surface area contributed by atoms with E-state index in [1.165, 1.54) is 6.92 Å². The Morgan fingerprint density at radius 2 is 1.30 bits per heavy atom. The number of nitrogens with zero attached hydrogens (tertiary/aromatic N) is 6. The van der Waals surface area contributed by atoms with E-state index in [4.69, 9.17) is 19.1 Å². The topological polar surface area (TPSA) is 300 Å². The van der Waals surface area contributed by atoms with Gasteiger partial charge in [0.05, 0.1) is 59.0 Å². The Morgan fingerprint density at radius 3 is 1.97 bits per heavy atom. The van der Waals surface area contributed by atoms with Gasteiger partial charge in [0.2, 0.25) is 5.91 Å². The first kappa shape index (κ1) is 48.5. The molecule has 6 saturated carbocycles. The lowest BCUT2D eigenvalue weighted by Gasteiger charge is -2.47. The van der Waals surface area contributed by atoms with Gasteiger partial charge in [-0.3, -0.25) is 22.6 Å². The summed E-state index contributed by atoms with van der Waals surface area (Å²) in [6.07, 6.45) is 8.28. The molecule has 6 aliphatic rings. The lowest BCUT2D eigenvalue weighted by molar-refractivity contribution is -0.120. The quantitative estimate of drug-likeness (QED) is 0.0749. The fourth-order valence-corrected chi connectivity index (χ4v) is 13.1. The molecule has 0 saturated heterocycles. The number of carbonyl (C=O) groups excluding carboxylic acids is 1. The van der Waals surface area contributed by atoms with E-state index in [0.717, 1.165) is 25.7 Å². The van der Waals surface area contributed by atoms with Crippen molar-refractivity contribution < 1.29 is 53.5 Å². The van der Waals surface area contributed by atoms with Crippen LogP contribution in [0.4, 0.5) is 0 Å². The van der Waals surface area contributed by atoms with E-state index in [-0.39, 0.29) is 78.6 Å². The highest BCUT2D eigenvalue weighted by molar-refractivity contribution is 7.86. The Labute approximate surface area is 362 Å². The summed E-state index contributed by atoms with van der Waals surface area (Å²) in [4.78, 5) is 12.4. The van der Waals surface area contributed by atoms with Crippen molar-refractivity contribution in [2.24, 2.45) is 42.5 Å². The largest absolute Gasteiger partial charge is 0.390 e. The van der Waals surface area contributed by atoms with Gasteiger partial charge in [0.25, 0.3) is 20.2 Å². The summed E-state index contributed by atoms with van der Waals surface area (Å²) in [7, 11) is -8.23. The maximum Gasteiger partial charge on any atom is 0.302 e. The number of fused-ring (bicyclic) bond motifs is 1. The smallest absolute Gasteiger partial charge is 0.302 e. The van der Waals surface area contributed by atoms with Crippen LogP contribution in [0.2, 0.25) is 0 Å². The van der Waals surface area contributed by atoms with E-state index in [1.807, 2.05) is 6.92 Å². The molecule has 6 fully saturated rings. The van der Waals surface area contributed by atoms with Crippen molar-refractivity contribution >= 4 is 37.5 Å². The Kier molecular flexibility index (Phi) is 17.3. The molecule has 1 amide bonds. The number of azo groups is 3. The predicted octanol–water partition coefficient (Wildman–Crippen LogP) is 4.52. The molecule has 0 aromatic carbocycles. The molecule has 17 unspecified atom stereocenters. The molecule has 0 bridgehead atoms. The second kappa shape index (κ2) is 21.8. The zero-order chi connectivity index (χ0) is 43.9. The number of carbonyl (C=O) groups is 1. The fraction of sp³-hybridized carbons (Fsp3) is 0.974. The first-order valence-corrected chi connectivity index (χ1v) is 26.2. The molecule has 0 aromatic heterocycles. The Hall–Kier alpha value is -1.96. The van der Waals surface area contributed by atoms with Crippen LogP contribution < -0.4 is 10.6 Å². The molecule has 6 aliphatic carbocycles. The lowest BCUT2D eigenvalue weighted by atomic mass is 9.65. The monoisotopic (exact) mass is 922 g/mol. The second-order valence-electron chi connectivity index (χ2n) is 18.2. The standard InChI is InChI=1S/C38H66N8O12S3/c1-3-57-35-21-28(42-41-26-7-5-9-30(18-26)61(54,55)56)13-15-33(35)45-44-32-14-12-27(20-34(32)39-22(2)47)43-46-37-36(58-59(49)50)16-23-10-11-25(19-31(23)38(37)48)40-24-6-4-8-29(17-24)60(51,52)53/h23-38,40,48H,3-21H2,1-2H3,(H,39,47)(H,49,50)(H,51,52,53)(H,54,55,56). The molecule has 61 heavy (non-hydrogen) atoms. The molecule has 20 nitrogen and oxygen atoms in total. The van der Waals surface area contributed by atoms with Gasteiger partial charge in [-0.2, -0.15) is 51.7 Å². The average molecular weight is 923 g/mol. The Bertz CT molecular complexity index is 1810. The summed E-state index contributed by atoms with van der Waals surface area (Å²) >= 11 is -2.59. The van der Waals surface area contributed by atoms with Gasteiger partial charge in [-0.05, 0) is 128 Å². The van der Waals surface area contributed by atoms with Crippen LogP contribution in [0, 0.1) is 11.8 Å². The second-order valence-corrected chi connectivity index (χ2v) is 22.2. The van der Waals surface area contributed by atoms with Gasteiger partial charge < -0.3 is 20.5 Å². The van der Waals surface area contributed by atoms with Gasteiger partial charge in [0.1, 0.15) is 12.1 Å². The average Bonchev–Trinajstić information content (AvgIpc) is 3.19. The number of rotatable bonds is 15. The molecule has 17 atom stereocenters. The molecular formula is C38H66N8O12S3. The molecule has 0 heterocycles. The zero-order valence-corrected chi connectivity index (χ0v) is 37.6. The van der Waals surface area contributed by atoms with Crippen molar-refractivity contribution in [3.05, 3.63) is 0 Å². The first-order chi connectivity index (χ1) is 29.0. The summed E-state index contributed by atoms with van der Waals surface area (Å²) < 4.78 is 99.3. The van der Waals surface area contributed by atoms with Gasteiger partial charge in [-0.25, -0.2) is 0 Å². The number of hydrogen-bond acceptors (Lipinski definition) is 16. The molecule has 0 aromatic rings. The number of nitrogens with one attached hydrogen (secondary N) is 2. The minimum atomic E-state index is -4.12. The first-order valence-electron chi connectivity index (χ1n) is 22.2. The summed E-state index contributed by atoms with van der Waals surface area (Å²) in [5.74, 6) is -0.388. The van der Waals surface area contributed by atoms with Crippen LogP contribution in [0.25, 0.3) is 0 Å². The third-order valence-corrected chi connectivity index (χ3v) is 16.9. The van der Waals surface area contributed by atoms with Crippen LogP contribution in [0.15, 0.2) is 30.7 Å². The molecule has 0 spiro atoms. The van der Waals surface area contributed by atoms with Crippen molar-refractivity contribution in [2.45, 2.75) is 213 Å². The highest BCUT2D eigenvalue weighted by Gasteiger charge is 2.49. The van der Waals surface area contributed by atoms with Crippen LogP contribution in [0.5, 0.6) is 0 Å². The van der Waals surface area contributed by atoms with Gasteiger partial charge in [0, 0.05) is 25.6 Å². The van der Waals surface area contributed by atoms with Gasteiger partial charge in [-0.15, -0.1) is 0 Å². The van der Waals surface area contributed by atoms with Crippen LogP contribution >= 0.6 is 0 Å². The molecule has 0 radical (unpaired) electrons. The van der Waals surface area contributed by atoms with Gasteiger partial charge in [0.15, 0.2) is 0 Å². The van der Waals surface area contributed by atoms with Crippen molar-refractivity contribution in [1.82, 2.24) is 10.6 Å². The third kappa shape index (κ3) is 13.8. The molecule has 348 valence electrons. The predicted molar refractivity (Wildman–Crippen MR) is 223 cm³/mol. The summed E-state index contributed by atoms with van der Waals surface area (Å²) in [6.45, 7) is 3.82. The number of aliphatic hydroxyl groups excluding tert-OH is 1. The van der Waals surface area contributed by atoms with Crippen LogP contribution in [0.3, 0.4) is 0 Å². The van der Waals surface area contributed by atoms with E-state index in [2.05, 4.69) is 31.1 Å². The SMILES string of the molecule is CCOC1CC(N=NC2CCCC(S(=O)(=O)O)C2)CCC1N=NC1CCC(N=NC2C(OS(=O)O)CC3CCC(NC4CCCC(S(=O)(=O)O)C4)CC3C2O)CC1NC(C)=O. The minimum Gasteiger partial charge on any atom is -0.390 e. The Balaban J connectivity index is 1.06. The minimum absolute atomic E-state index is 0.0211. The molecule has 6 N–H and O–H groups in total. The van der Waals surface area contributed by atoms with E-state index in [1.54, 1.807) is 0 Å².